The minimum absolute atomic E-state index is 0.618. The second-order valence-electron chi connectivity index (χ2n) is 5.98. The molecule has 1 fully saturated rings. The number of likely N-dealkylation sites (N-methyl/N-ethyl adjacent to an activating group) is 1. The Balaban J connectivity index is 1.86. The molecular formula is C15H26N4O. The third kappa shape index (κ3) is 4.42. The molecule has 0 N–H and O–H groups in total. The van der Waals surface area contributed by atoms with Gasteiger partial charge in [0.2, 0.25) is 5.89 Å². The lowest BCUT2D eigenvalue weighted by Gasteiger charge is -2.36. The van der Waals surface area contributed by atoms with Gasteiger partial charge < -0.3 is 4.52 Å². The van der Waals surface area contributed by atoms with Gasteiger partial charge in [0.1, 0.15) is 0 Å². The normalized spacial score (nSPS) is 20.4. The Kier molecular flexibility index (Phi) is 5.31. The highest BCUT2D eigenvalue weighted by atomic mass is 16.5. The fourth-order valence-electron chi connectivity index (χ4n) is 2.62. The van der Waals surface area contributed by atoms with Crippen molar-refractivity contribution in [3.63, 3.8) is 0 Å². The van der Waals surface area contributed by atoms with Gasteiger partial charge in [0.25, 0.3) is 0 Å². The van der Waals surface area contributed by atoms with Crippen LogP contribution in [-0.4, -0.2) is 52.7 Å². The monoisotopic (exact) mass is 278 g/mol. The van der Waals surface area contributed by atoms with E-state index in [0.29, 0.717) is 11.9 Å². The average Bonchev–Trinajstić information content (AvgIpc) is 2.81. The average molecular weight is 278 g/mol. The van der Waals surface area contributed by atoms with Crippen molar-refractivity contribution < 1.29 is 4.52 Å². The number of hydrogen-bond acceptors (Lipinski definition) is 5. The lowest BCUT2D eigenvalue weighted by molar-refractivity contribution is 0.116. The van der Waals surface area contributed by atoms with Crippen LogP contribution in [0.3, 0.4) is 0 Å². The van der Waals surface area contributed by atoms with Gasteiger partial charge in [0, 0.05) is 26.1 Å². The molecule has 0 bridgehead atoms. The summed E-state index contributed by atoms with van der Waals surface area (Å²) >= 11 is 0. The zero-order valence-corrected chi connectivity index (χ0v) is 13.1. The van der Waals surface area contributed by atoms with E-state index in [-0.39, 0.29) is 0 Å². The van der Waals surface area contributed by atoms with Gasteiger partial charge in [-0.15, -0.1) is 0 Å². The second-order valence-corrected chi connectivity index (χ2v) is 5.98. The highest BCUT2D eigenvalue weighted by molar-refractivity contribution is 4.96. The van der Waals surface area contributed by atoms with E-state index in [4.69, 9.17) is 4.52 Å². The Morgan fingerprint density at radius 1 is 1.50 bits per heavy atom. The number of piperidine rings is 1. The van der Waals surface area contributed by atoms with Crippen LogP contribution in [0.1, 0.15) is 38.4 Å². The summed E-state index contributed by atoms with van der Waals surface area (Å²) in [5.74, 6) is 1.45. The predicted octanol–water partition coefficient (Wildman–Crippen LogP) is 2.24. The molecule has 1 atom stereocenters. The smallest absolute Gasteiger partial charge is 0.223 e. The molecule has 0 spiro atoms. The topological polar surface area (TPSA) is 45.4 Å². The molecule has 0 amide bonds. The lowest BCUT2D eigenvalue weighted by atomic mass is 10.0. The molecule has 1 aliphatic rings. The molecule has 1 aromatic rings. The first-order valence-electron chi connectivity index (χ1n) is 7.39. The Bertz CT molecular complexity index is 450. The molecule has 2 rings (SSSR count). The molecule has 0 aliphatic carbocycles. The maximum atomic E-state index is 5.04. The summed E-state index contributed by atoms with van der Waals surface area (Å²) in [6.45, 7) is 10.2. The molecule has 5 nitrogen and oxygen atoms in total. The summed E-state index contributed by atoms with van der Waals surface area (Å²) in [7, 11) is 2.21. The number of allylic oxidation sites excluding steroid dienone is 1. The van der Waals surface area contributed by atoms with Crippen LogP contribution < -0.4 is 0 Å². The van der Waals surface area contributed by atoms with E-state index in [9.17, 15) is 0 Å². The predicted molar refractivity (Wildman–Crippen MR) is 79.4 cm³/mol. The molecule has 1 aliphatic heterocycles. The fourth-order valence-corrected chi connectivity index (χ4v) is 2.62. The first-order chi connectivity index (χ1) is 9.54. The van der Waals surface area contributed by atoms with Crippen molar-refractivity contribution in [1.82, 2.24) is 19.9 Å². The molecular weight excluding hydrogens is 252 g/mol. The van der Waals surface area contributed by atoms with Crippen molar-refractivity contribution in [2.45, 2.75) is 46.2 Å². The Morgan fingerprint density at radius 3 is 2.95 bits per heavy atom. The van der Waals surface area contributed by atoms with E-state index in [2.05, 4.69) is 46.9 Å². The standard InChI is InChI=1S/C15H26N4O/c1-12(2)7-9-18(4)14-6-5-8-19(10-14)11-15-16-13(3)20-17-15/h7,14H,5-6,8-11H2,1-4H3/t14-/m0/s1. The first-order valence-corrected chi connectivity index (χ1v) is 7.39. The molecule has 0 radical (unpaired) electrons. The van der Waals surface area contributed by atoms with Gasteiger partial charge >= 0.3 is 0 Å². The van der Waals surface area contributed by atoms with Crippen LogP contribution in [-0.2, 0) is 6.54 Å². The van der Waals surface area contributed by atoms with E-state index < -0.39 is 0 Å². The molecule has 0 saturated carbocycles. The molecule has 2 heterocycles. The second kappa shape index (κ2) is 6.99. The van der Waals surface area contributed by atoms with Crippen LogP contribution in [0.25, 0.3) is 0 Å². The number of aryl methyl sites for hydroxylation is 1. The summed E-state index contributed by atoms with van der Waals surface area (Å²) in [5, 5.41) is 3.99. The van der Waals surface area contributed by atoms with Crippen LogP contribution in [0, 0.1) is 6.92 Å². The number of likely N-dealkylation sites (tertiary alicyclic amines) is 1. The van der Waals surface area contributed by atoms with Gasteiger partial charge in [0.15, 0.2) is 5.82 Å². The Hall–Kier alpha value is -1.20. The molecule has 1 aromatic heterocycles. The Morgan fingerprint density at radius 2 is 2.30 bits per heavy atom. The maximum Gasteiger partial charge on any atom is 0.223 e. The zero-order chi connectivity index (χ0) is 14.5. The van der Waals surface area contributed by atoms with E-state index in [0.717, 1.165) is 32.0 Å². The van der Waals surface area contributed by atoms with E-state index in [1.165, 1.54) is 18.4 Å². The van der Waals surface area contributed by atoms with Crippen molar-refractivity contribution >= 4 is 0 Å². The third-order valence-corrected chi connectivity index (χ3v) is 3.83. The summed E-state index contributed by atoms with van der Waals surface area (Å²) in [5.41, 5.74) is 1.38. The maximum absolute atomic E-state index is 5.04. The van der Waals surface area contributed by atoms with Crippen LogP contribution in [0.5, 0.6) is 0 Å². The number of rotatable bonds is 5. The number of aromatic nitrogens is 2. The van der Waals surface area contributed by atoms with Gasteiger partial charge in [-0.05, 0) is 40.3 Å². The fraction of sp³-hybridized carbons (Fsp3) is 0.733. The number of hydrogen-bond donors (Lipinski definition) is 0. The Labute approximate surface area is 121 Å². The largest absolute Gasteiger partial charge is 0.340 e. The minimum atomic E-state index is 0.618. The number of nitrogens with zero attached hydrogens (tertiary/aromatic N) is 4. The molecule has 20 heavy (non-hydrogen) atoms. The molecule has 1 saturated heterocycles. The lowest BCUT2D eigenvalue weighted by Crippen LogP contribution is -2.46. The summed E-state index contributed by atoms with van der Waals surface area (Å²) < 4.78 is 5.04. The van der Waals surface area contributed by atoms with Gasteiger partial charge in [-0.2, -0.15) is 4.98 Å². The van der Waals surface area contributed by atoms with Crippen LogP contribution in [0.4, 0.5) is 0 Å². The van der Waals surface area contributed by atoms with Crippen LogP contribution in [0.2, 0.25) is 0 Å². The van der Waals surface area contributed by atoms with Crippen molar-refractivity contribution in [2.24, 2.45) is 0 Å². The molecule has 0 aromatic carbocycles. The van der Waals surface area contributed by atoms with Crippen molar-refractivity contribution in [1.29, 1.82) is 0 Å². The van der Waals surface area contributed by atoms with Gasteiger partial charge in [-0.1, -0.05) is 16.8 Å². The van der Waals surface area contributed by atoms with Gasteiger partial charge in [-0.25, -0.2) is 0 Å². The van der Waals surface area contributed by atoms with E-state index >= 15 is 0 Å². The minimum Gasteiger partial charge on any atom is -0.340 e. The molecule has 112 valence electrons. The molecule has 0 unspecified atom stereocenters. The van der Waals surface area contributed by atoms with Gasteiger partial charge in [0.05, 0.1) is 6.54 Å². The summed E-state index contributed by atoms with van der Waals surface area (Å²) in [6, 6.07) is 0.618. The summed E-state index contributed by atoms with van der Waals surface area (Å²) in [4.78, 5) is 9.16. The first kappa shape index (κ1) is 15.2. The quantitative estimate of drug-likeness (QED) is 0.773. The van der Waals surface area contributed by atoms with E-state index in [1.807, 2.05) is 6.92 Å². The van der Waals surface area contributed by atoms with Crippen LogP contribution >= 0.6 is 0 Å². The third-order valence-electron chi connectivity index (χ3n) is 3.83. The van der Waals surface area contributed by atoms with Crippen molar-refractivity contribution in [3.05, 3.63) is 23.4 Å². The van der Waals surface area contributed by atoms with Crippen molar-refractivity contribution in [2.75, 3.05) is 26.7 Å². The SMILES string of the molecule is CC(C)=CCN(C)[C@H]1CCCN(Cc2noc(C)n2)C1. The zero-order valence-electron chi connectivity index (χ0n) is 13.1. The highest BCUT2D eigenvalue weighted by Gasteiger charge is 2.23. The van der Waals surface area contributed by atoms with Crippen molar-refractivity contribution in [3.8, 4) is 0 Å². The molecule has 5 heteroatoms. The summed E-state index contributed by atoms with van der Waals surface area (Å²) in [6.07, 6.45) is 4.80. The van der Waals surface area contributed by atoms with Gasteiger partial charge in [-0.3, -0.25) is 9.80 Å². The van der Waals surface area contributed by atoms with E-state index in [1.54, 1.807) is 0 Å². The highest BCUT2D eigenvalue weighted by Crippen LogP contribution is 2.16. The van der Waals surface area contributed by atoms with Crippen LogP contribution in [0.15, 0.2) is 16.2 Å².